The molecule has 2 aromatic carbocycles. The molecule has 1 heterocycles. The van der Waals surface area contributed by atoms with Crippen molar-refractivity contribution in [1.29, 1.82) is 0 Å². The summed E-state index contributed by atoms with van der Waals surface area (Å²) in [4.78, 5) is 14.7. The van der Waals surface area contributed by atoms with Crippen molar-refractivity contribution >= 4 is 12.4 Å². The van der Waals surface area contributed by atoms with Gasteiger partial charge in [-0.15, -0.1) is 12.4 Å². The minimum Gasteiger partial charge on any atom is -0.305 e. The monoisotopic (exact) mass is 397 g/mol. The number of aromatic nitrogens is 2. The van der Waals surface area contributed by atoms with E-state index >= 15 is 0 Å². The predicted molar refractivity (Wildman–Crippen MR) is 119 cm³/mol. The van der Waals surface area contributed by atoms with Gasteiger partial charge in [-0.25, -0.2) is 4.68 Å². The minimum absolute atomic E-state index is 0. The Labute approximate surface area is 173 Å². The molecule has 0 N–H and O–H groups in total. The van der Waals surface area contributed by atoms with Crippen LogP contribution in [0, 0.1) is 5.92 Å². The maximum absolute atomic E-state index is 12.7. The van der Waals surface area contributed by atoms with E-state index in [9.17, 15) is 4.79 Å². The largest absolute Gasteiger partial charge is 0.305 e. The summed E-state index contributed by atoms with van der Waals surface area (Å²) in [5.74, 6) is 0.359. The summed E-state index contributed by atoms with van der Waals surface area (Å²) < 4.78 is 1.62. The first-order valence-corrected chi connectivity index (χ1v) is 9.35. The van der Waals surface area contributed by atoms with Crippen LogP contribution in [0.25, 0.3) is 22.4 Å². The molecule has 0 aliphatic carbocycles. The highest BCUT2D eigenvalue weighted by Gasteiger charge is 2.12. The lowest BCUT2D eigenvalue weighted by atomic mass is 10.0. The minimum atomic E-state index is 0. The summed E-state index contributed by atoms with van der Waals surface area (Å²) in [6, 6.07) is 20.6. The quantitative estimate of drug-likeness (QED) is 0.604. The van der Waals surface area contributed by atoms with Gasteiger partial charge in [0.05, 0.1) is 5.69 Å². The van der Waals surface area contributed by atoms with Crippen molar-refractivity contribution in [2.75, 3.05) is 14.1 Å². The summed E-state index contributed by atoms with van der Waals surface area (Å²) >= 11 is 0. The predicted octanol–water partition coefficient (Wildman–Crippen LogP) is 4.72. The normalized spacial score (nSPS) is 10.9. The topological polar surface area (TPSA) is 38.1 Å². The Morgan fingerprint density at radius 3 is 2.07 bits per heavy atom. The molecule has 0 aliphatic heterocycles. The number of rotatable bonds is 6. The maximum Gasteiger partial charge on any atom is 0.271 e. The standard InChI is InChI=1S/C23H27N3O.ClH/c1-17(2)15-26-23(27)21(16-25(3)4)14-22(24-26)20-12-10-19(11-13-20)18-8-6-5-7-9-18;/h5-14,17H,15-16H2,1-4H3;1H. The molecule has 0 atom stereocenters. The second kappa shape index (κ2) is 9.67. The molecule has 0 amide bonds. The van der Waals surface area contributed by atoms with E-state index < -0.39 is 0 Å². The van der Waals surface area contributed by atoms with E-state index in [1.807, 2.05) is 43.3 Å². The summed E-state index contributed by atoms with van der Waals surface area (Å²) in [5, 5.41) is 4.64. The number of nitrogens with zero attached hydrogens (tertiary/aromatic N) is 3. The van der Waals surface area contributed by atoms with Gasteiger partial charge in [0, 0.05) is 24.2 Å². The fraction of sp³-hybridized carbons (Fsp3) is 0.304. The molecule has 0 saturated heterocycles. The van der Waals surface area contributed by atoms with Crippen molar-refractivity contribution in [3.05, 3.63) is 76.6 Å². The van der Waals surface area contributed by atoms with Gasteiger partial charge in [-0.1, -0.05) is 68.4 Å². The number of hydrogen-bond donors (Lipinski definition) is 0. The van der Waals surface area contributed by atoms with Crippen LogP contribution in [0.2, 0.25) is 0 Å². The SMILES string of the molecule is CC(C)Cn1nc(-c2ccc(-c3ccccc3)cc2)cc(CN(C)C)c1=O.Cl. The molecule has 3 aromatic rings. The molecule has 5 heteroatoms. The lowest BCUT2D eigenvalue weighted by Crippen LogP contribution is -2.30. The highest BCUT2D eigenvalue weighted by Crippen LogP contribution is 2.24. The van der Waals surface area contributed by atoms with Crippen LogP contribution in [-0.2, 0) is 13.1 Å². The van der Waals surface area contributed by atoms with Crippen molar-refractivity contribution in [3.8, 4) is 22.4 Å². The average molecular weight is 398 g/mol. The molecule has 0 radical (unpaired) electrons. The molecular weight excluding hydrogens is 370 g/mol. The van der Waals surface area contributed by atoms with Crippen LogP contribution in [-0.4, -0.2) is 28.8 Å². The molecule has 4 nitrogen and oxygen atoms in total. The first-order valence-electron chi connectivity index (χ1n) is 9.35. The second-order valence-electron chi connectivity index (χ2n) is 7.62. The van der Waals surface area contributed by atoms with E-state index in [2.05, 4.69) is 55.3 Å². The third kappa shape index (κ3) is 5.31. The van der Waals surface area contributed by atoms with E-state index in [0.717, 1.165) is 16.8 Å². The molecule has 0 unspecified atom stereocenters. The first-order chi connectivity index (χ1) is 12.9. The van der Waals surface area contributed by atoms with Crippen molar-refractivity contribution in [1.82, 2.24) is 14.7 Å². The van der Waals surface area contributed by atoms with Gasteiger partial charge in [-0.05, 0) is 37.2 Å². The van der Waals surface area contributed by atoms with Crippen molar-refractivity contribution in [2.24, 2.45) is 5.92 Å². The van der Waals surface area contributed by atoms with E-state index in [1.165, 1.54) is 11.1 Å². The zero-order valence-electron chi connectivity index (χ0n) is 16.9. The molecule has 28 heavy (non-hydrogen) atoms. The average Bonchev–Trinajstić information content (AvgIpc) is 2.65. The molecular formula is C23H28ClN3O. The van der Waals surface area contributed by atoms with Crippen LogP contribution >= 0.6 is 12.4 Å². The zero-order valence-corrected chi connectivity index (χ0v) is 17.7. The van der Waals surface area contributed by atoms with Gasteiger partial charge in [0.25, 0.3) is 5.56 Å². The van der Waals surface area contributed by atoms with Gasteiger partial charge in [0.15, 0.2) is 0 Å². The highest BCUT2D eigenvalue weighted by atomic mass is 35.5. The molecule has 0 fully saturated rings. The lowest BCUT2D eigenvalue weighted by molar-refractivity contribution is 0.392. The van der Waals surface area contributed by atoms with Gasteiger partial charge in [-0.2, -0.15) is 5.10 Å². The van der Waals surface area contributed by atoms with Crippen molar-refractivity contribution in [3.63, 3.8) is 0 Å². The Hall–Kier alpha value is -2.43. The smallest absolute Gasteiger partial charge is 0.271 e. The van der Waals surface area contributed by atoms with Gasteiger partial charge in [0.2, 0.25) is 0 Å². The fourth-order valence-electron chi connectivity index (χ4n) is 3.13. The first kappa shape index (κ1) is 21.9. The molecule has 3 rings (SSSR count). The maximum atomic E-state index is 12.7. The molecule has 1 aromatic heterocycles. The Balaban J connectivity index is 0.00000280. The van der Waals surface area contributed by atoms with E-state index in [0.29, 0.717) is 19.0 Å². The summed E-state index contributed by atoms with van der Waals surface area (Å²) in [5.41, 5.74) is 5.00. The van der Waals surface area contributed by atoms with Crippen LogP contribution in [0.3, 0.4) is 0 Å². The number of benzene rings is 2. The molecule has 0 spiro atoms. The number of hydrogen-bond acceptors (Lipinski definition) is 3. The molecule has 0 aliphatic rings. The third-order valence-corrected chi connectivity index (χ3v) is 4.36. The Bertz CT molecular complexity index is 914. The Kier molecular flexibility index (Phi) is 7.55. The van der Waals surface area contributed by atoms with Crippen molar-refractivity contribution < 1.29 is 0 Å². The second-order valence-corrected chi connectivity index (χ2v) is 7.62. The Morgan fingerprint density at radius 2 is 1.50 bits per heavy atom. The van der Waals surface area contributed by atoms with E-state index in [4.69, 9.17) is 0 Å². The Morgan fingerprint density at radius 1 is 0.929 bits per heavy atom. The van der Waals surface area contributed by atoms with Crippen molar-refractivity contribution in [2.45, 2.75) is 26.9 Å². The van der Waals surface area contributed by atoms with Crippen LogP contribution < -0.4 is 5.56 Å². The van der Waals surface area contributed by atoms with Crippen LogP contribution in [0.5, 0.6) is 0 Å². The molecule has 0 bridgehead atoms. The summed E-state index contributed by atoms with van der Waals surface area (Å²) in [7, 11) is 3.95. The van der Waals surface area contributed by atoms with Gasteiger partial charge >= 0.3 is 0 Å². The van der Waals surface area contributed by atoms with E-state index in [-0.39, 0.29) is 18.0 Å². The van der Waals surface area contributed by atoms with Gasteiger partial charge in [-0.3, -0.25) is 4.79 Å². The van der Waals surface area contributed by atoms with Crippen LogP contribution in [0.4, 0.5) is 0 Å². The molecule has 148 valence electrons. The lowest BCUT2D eigenvalue weighted by Gasteiger charge is -2.15. The van der Waals surface area contributed by atoms with E-state index in [1.54, 1.807) is 4.68 Å². The van der Waals surface area contributed by atoms with Crippen LogP contribution in [0.1, 0.15) is 19.4 Å². The fourth-order valence-corrected chi connectivity index (χ4v) is 3.13. The number of halogens is 1. The highest BCUT2D eigenvalue weighted by molar-refractivity contribution is 5.85. The summed E-state index contributed by atoms with van der Waals surface area (Å²) in [6.45, 7) is 5.42. The molecule has 0 saturated carbocycles. The third-order valence-electron chi connectivity index (χ3n) is 4.36. The van der Waals surface area contributed by atoms with Gasteiger partial charge in [0.1, 0.15) is 0 Å². The van der Waals surface area contributed by atoms with Crippen LogP contribution in [0.15, 0.2) is 65.5 Å². The summed E-state index contributed by atoms with van der Waals surface area (Å²) in [6.07, 6.45) is 0. The van der Waals surface area contributed by atoms with Gasteiger partial charge < -0.3 is 4.90 Å². The zero-order chi connectivity index (χ0) is 19.4.